The molecule has 0 unspecified atom stereocenters. The molecule has 0 saturated heterocycles. The Bertz CT molecular complexity index is 653. The number of carbonyl (C=O) groups is 1. The largest absolute Gasteiger partial charge is 0.382 e. The first-order chi connectivity index (χ1) is 10.0. The van der Waals surface area contributed by atoms with Crippen LogP contribution in [0.25, 0.3) is 0 Å². The first-order valence-corrected chi connectivity index (χ1v) is 7.41. The third-order valence-corrected chi connectivity index (χ3v) is 3.37. The smallest absolute Gasteiger partial charge is 0.257 e. The minimum absolute atomic E-state index is 0.226. The number of amides is 1. The number of benzene rings is 2. The second-order valence-corrected chi connectivity index (χ2v) is 5.58. The summed E-state index contributed by atoms with van der Waals surface area (Å²) in [5.41, 5.74) is 2.20. The van der Waals surface area contributed by atoms with Crippen LogP contribution in [0.4, 0.5) is 15.8 Å². The molecule has 0 atom stereocenters. The maximum Gasteiger partial charge on any atom is 0.257 e. The number of nitrogens with one attached hydrogen (secondary N) is 2. The molecule has 3 nitrogen and oxygen atoms in total. The Hall–Kier alpha value is -1.88. The van der Waals surface area contributed by atoms with Gasteiger partial charge in [0.05, 0.1) is 11.3 Å². The summed E-state index contributed by atoms with van der Waals surface area (Å²) in [6.45, 7) is 4.33. The van der Waals surface area contributed by atoms with Gasteiger partial charge >= 0.3 is 0 Å². The molecule has 0 fully saturated rings. The molecule has 2 aromatic rings. The standard InChI is InChI=1S/C16H16BrFN2O/c1-3-19-15-13(5-4-6-14(15)18)16(21)20-12-8-10(2)7-11(17)9-12/h4-9,19H,3H2,1-2H3,(H,20,21). The van der Waals surface area contributed by atoms with Gasteiger partial charge in [0.25, 0.3) is 5.91 Å². The minimum atomic E-state index is -0.435. The van der Waals surface area contributed by atoms with Crippen molar-refractivity contribution in [3.05, 3.63) is 57.8 Å². The highest BCUT2D eigenvalue weighted by Gasteiger charge is 2.15. The number of halogens is 2. The predicted molar refractivity (Wildman–Crippen MR) is 87.4 cm³/mol. The van der Waals surface area contributed by atoms with Crippen LogP contribution in [0.3, 0.4) is 0 Å². The second kappa shape index (κ2) is 6.72. The number of hydrogen-bond acceptors (Lipinski definition) is 2. The normalized spacial score (nSPS) is 10.3. The van der Waals surface area contributed by atoms with Gasteiger partial charge in [-0.05, 0) is 49.7 Å². The lowest BCUT2D eigenvalue weighted by Gasteiger charge is -2.12. The number of para-hydroxylation sites is 1. The van der Waals surface area contributed by atoms with Crippen LogP contribution >= 0.6 is 15.9 Å². The lowest BCUT2D eigenvalue weighted by atomic mass is 10.1. The van der Waals surface area contributed by atoms with Gasteiger partial charge in [-0.15, -0.1) is 0 Å². The van der Waals surface area contributed by atoms with Crippen molar-refractivity contribution in [2.75, 3.05) is 17.2 Å². The topological polar surface area (TPSA) is 41.1 Å². The zero-order valence-electron chi connectivity index (χ0n) is 11.8. The van der Waals surface area contributed by atoms with E-state index in [2.05, 4.69) is 26.6 Å². The number of aryl methyl sites for hydroxylation is 1. The van der Waals surface area contributed by atoms with E-state index in [0.717, 1.165) is 10.0 Å². The number of hydrogen-bond donors (Lipinski definition) is 2. The fourth-order valence-electron chi connectivity index (χ4n) is 2.08. The number of rotatable bonds is 4. The Morgan fingerprint density at radius 2 is 2.05 bits per heavy atom. The van der Waals surface area contributed by atoms with Gasteiger partial charge in [0.2, 0.25) is 0 Å². The molecule has 0 heterocycles. The summed E-state index contributed by atoms with van der Waals surface area (Å²) in [7, 11) is 0. The average Bonchev–Trinajstić information content (AvgIpc) is 2.40. The lowest BCUT2D eigenvalue weighted by Crippen LogP contribution is -2.15. The molecule has 5 heteroatoms. The van der Waals surface area contributed by atoms with E-state index in [4.69, 9.17) is 0 Å². The van der Waals surface area contributed by atoms with Crippen LogP contribution in [0.1, 0.15) is 22.8 Å². The molecule has 0 aliphatic heterocycles. The van der Waals surface area contributed by atoms with Crippen LogP contribution in [0.5, 0.6) is 0 Å². The van der Waals surface area contributed by atoms with Crippen molar-refractivity contribution in [1.82, 2.24) is 0 Å². The second-order valence-electron chi connectivity index (χ2n) is 4.66. The average molecular weight is 351 g/mol. The van der Waals surface area contributed by atoms with E-state index in [1.165, 1.54) is 12.1 Å². The van der Waals surface area contributed by atoms with Crippen LogP contribution in [-0.4, -0.2) is 12.5 Å². The van der Waals surface area contributed by atoms with Gasteiger partial charge in [0.1, 0.15) is 5.82 Å². The van der Waals surface area contributed by atoms with E-state index >= 15 is 0 Å². The van der Waals surface area contributed by atoms with Crippen LogP contribution in [0.15, 0.2) is 40.9 Å². The molecule has 2 aromatic carbocycles. The first-order valence-electron chi connectivity index (χ1n) is 6.62. The number of carbonyl (C=O) groups excluding carboxylic acids is 1. The summed E-state index contributed by atoms with van der Waals surface area (Å²) < 4.78 is 14.7. The quantitative estimate of drug-likeness (QED) is 0.847. The van der Waals surface area contributed by atoms with Gasteiger partial charge in [0.15, 0.2) is 0 Å². The first kappa shape index (κ1) is 15.5. The summed E-state index contributed by atoms with van der Waals surface area (Å²) in [4.78, 5) is 12.4. The fourth-order valence-corrected chi connectivity index (χ4v) is 2.68. The molecule has 1 amide bonds. The van der Waals surface area contributed by atoms with E-state index < -0.39 is 5.82 Å². The third kappa shape index (κ3) is 3.82. The monoisotopic (exact) mass is 350 g/mol. The lowest BCUT2D eigenvalue weighted by molar-refractivity contribution is 0.102. The molecule has 0 radical (unpaired) electrons. The molecule has 0 bridgehead atoms. The maximum absolute atomic E-state index is 13.8. The van der Waals surface area contributed by atoms with Gasteiger partial charge in [-0.3, -0.25) is 4.79 Å². The Morgan fingerprint density at radius 3 is 2.71 bits per heavy atom. The Balaban J connectivity index is 2.30. The van der Waals surface area contributed by atoms with Crippen molar-refractivity contribution in [2.45, 2.75) is 13.8 Å². The molecule has 2 rings (SSSR count). The van der Waals surface area contributed by atoms with E-state index in [9.17, 15) is 9.18 Å². The van der Waals surface area contributed by atoms with Crippen LogP contribution in [-0.2, 0) is 0 Å². The molecule has 0 saturated carbocycles. The summed E-state index contributed by atoms with van der Waals surface area (Å²) in [6.07, 6.45) is 0. The van der Waals surface area contributed by atoms with Gasteiger partial charge in [0, 0.05) is 16.7 Å². The molecule has 0 aliphatic rings. The van der Waals surface area contributed by atoms with Crippen molar-refractivity contribution in [3.63, 3.8) is 0 Å². The van der Waals surface area contributed by atoms with Gasteiger partial charge in [-0.2, -0.15) is 0 Å². The Kier molecular flexibility index (Phi) is 4.96. The highest BCUT2D eigenvalue weighted by Crippen LogP contribution is 2.23. The van der Waals surface area contributed by atoms with Crippen LogP contribution in [0, 0.1) is 12.7 Å². The molecule has 110 valence electrons. The van der Waals surface area contributed by atoms with Crippen molar-refractivity contribution < 1.29 is 9.18 Å². The SMILES string of the molecule is CCNc1c(F)cccc1C(=O)Nc1cc(C)cc(Br)c1. The molecular formula is C16H16BrFN2O. The van der Waals surface area contributed by atoms with Crippen molar-refractivity contribution in [1.29, 1.82) is 0 Å². The highest BCUT2D eigenvalue weighted by molar-refractivity contribution is 9.10. The van der Waals surface area contributed by atoms with Crippen molar-refractivity contribution >= 4 is 33.2 Å². The van der Waals surface area contributed by atoms with Gasteiger partial charge in [-0.1, -0.05) is 22.0 Å². The summed E-state index contributed by atoms with van der Waals surface area (Å²) in [5.74, 6) is -0.780. The van der Waals surface area contributed by atoms with Crippen LogP contribution in [0.2, 0.25) is 0 Å². The van der Waals surface area contributed by atoms with Crippen molar-refractivity contribution in [3.8, 4) is 0 Å². The van der Waals surface area contributed by atoms with Gasteiger partial charge in [-0.25, -0.2) is 4.39 Å². The van der Waals surface area contributed by atoms with Crippen LogP contribution < -0.4 is 10.6 Å². The Labute approximate surface area is 131 Å². The summed E-state index contributed by atoms with van der Waals surface area (Å²) >= 11 is 3.39. The van der Waals surface area contributed by atoms with E-state index in [0.29, 0.717) is 12.2 Å². The number of anilines is 2. The summed E-state index contributed by atoms with van der Waals surface area (Å²) in [6, 6.07) is 10.1. The Morgan fingerprint density at radius 1 is 1.29 bits per heavy atom. The molecule has 21 heavy (non-hydrogen) atoms. The zero-order chi connectivity index (χ0) is 15.4. The minimum Gasteiger partial charge on any atom is -0.382 e. The summed E-state index contributed by atoms with van der Waals surface area (Å²) in [5, 5.41) is 5.68. The fraction of sp³-hybridized carbons (Fsp3) is 0.188. The maximum atomic E-state index is 13.8. The molecule has 0 aliphatic carbocycles. The third-order valence-electron chi connectivity index (χ3n) is 2.91. The van der Waals surface area contributed by atoms with E-state index in [1.807, 2.05) is 26.0 Å². The molecule has 0 spiro atoms. The predicted octanol–water partition coefficient (Wildman–Crippen LogP) is 4.58. The van der Waals surface area contributed by atoms with Crippen molar-refractivity contribution in [2.24, 2.45) is 0 Å². The molecule has 2 N–H and O–H groups in total. The van der Waals surface area contributed by atoms with E-state index in [1.54, 1.807) is 12.1 Å². The highest BCUT2D eigenvalue weighted by atomic mass is 79.9. The van der Waals surface area contributed by atoms with Gasteiger partial charge < -0.3 is 10.6 Å². The zero-order valence-corrected chi connectivity index (χ0v) is 13.4. The molecular weight excluding hydrogens is 335 g/mol. The van der Waals surface area contributed by atoms with E-state index in [-0.39, 0.29) is 17.2 Å². The molecule has 0 aromatic heterocycles.